The van der Waals surface area contributed by atoms with Crippen LogP contribution in [0, 0.1) is 5.53 Å². The standard InChI is InChI=1S/C31H36N2O/c1-4-9-25-14-16-27(17-15-25)22-29(28-20-18-24(5-2)19-21-28)31(34)30(33-32)23(3)12-13-26-10-7-6-8-11-26/h6-8,10-11,14-21,29,32H,4-5,9,12-13,22H2,1-3H3/b30-23-,33-32?. The smallest absolute Gasteiger partial charge is 0.190 e. The summed E-state index contributed by atoms with van der Waals surface area (Å²) in [5.41, 5.74) is 14.9. The first-order valence-corrected chi connectivity index (χ1v) is 12.4. The maximum absolute atomic E-state index is 13.8. The Morgan fingerprint density at radius 1 is 0.794 bits per heavy atom. The van der Waals surface area contributed by atoms with Crippen molar-refractivity contribution in [2.75, 3.05) is 0 Å². The highest BCUT2D eigenvalue weighted by Crippen LogP contribution is 2.28. The normalized spacial score (nSPS) is 12.7. The fourth-order valence-corrected chi connectivity index (χ4v) is 4.33. The first kappa shape index (κ1) is 25.3. The van der Waals surface area contributed by atoms with Crippen molar-refractivity contribution >= 4 is 5.78 Å². The molecule has 3 rings (SSSR count). The molecule has 3 aromatic carbocycles. The lowest BCUT2D eigenvalue weighted by molar-refractivity contribution is -0.117. The van der Waals surface area contributed by atoms with Crippen molar-refractivity contribution in [1.82, 2.24) is 0 Å². The Kier molecular flexibility index (Phi) is 9.51. The highest BCUT2D eigenvalue weighted by molar-refractivity contribution is 6.00. The van der Waals surface area contributed by atoms with Crippen molar-refractivity contribution in [3.63, 3.8) is 0 Å². The van der Waals surface area contributed by atoms with Crippen molar-refractivity contribution in [3.05, 3.63) is 118 Å². The van der Waals surface area contributed by atoms with Crippen LogP contribution in [-0.4, -0.2) is 5.78 Å². The second kappa shape index (κ2) is 12.8. The predicted molar refractivity (Wildman–Crippen MR) is 140 cm³/mol. The average Bonchev–Trinajstić information content (AvgIpc) is 2.88. The minimum absolute atomic E-state index is 0.0672. The van der Waals surface area contributed by atoms with E-state index in [-0.39, 0.29) is 11.7 Å². The molecule has 0 aliphatic carbocycles. The van der Waals surface area contributed by atoms with Gasteiger partial charge in [-0.05, 0) is 72.4 Å². The molecule has 0 spiro atoms. The Balaban J connectivity index is 1.89. The molecule has 3 nitrogen and oxygen atoms in total. The monoisotopic (exact) mass is 452 g/mol. The SMILES string of the molecule is CCCc1ccc(CC(C(=O)/C(N=N)=C(\C)CCc2ccccc2)c2ccc(CC)cc2)cc1. The van der Waals surface area contributed by atoms with Gasteiger partial charge in [-0.3, -0.25) is 4.79 Å². The van der Waals surface area contributed by atoms with Gasteiger partial charge < -0.3 is 0 Å². The van der Waals surface area contributed by atoms with Gasteiger partial charge >= 0.3 is 0 Å². The van der Waals surface area contributed by atoms with Gasteiger partial charge in [0.1, 0.15) is 5.70 Å². The number of nitrogens with zero attached hydrogens (tertiary/aromatic N) is 1. The zero-order valence-corrected chi connectivity index (χ0v) is 20.7. The molecule has 3 aromatic rings. The molecule has 0 saturated heterocycles. The molecule has 1 unspecified atom stereocenters. The second-order valence-electron chi connectivity index (χ2n) is 9.01. The van der Waals surface area contributed by atoms with Gasteiger partial charge in [0.25, 0.3) is 0 Å². The molecule has 1 atom stereocenters. The molecule has 1 N–H and O–H groups in total. The summed E-state index contributed by atoms with van der Waals surface area (Å²) < 4.78 is 0. The predicted octanol–water partition coefficient (Wildman–Crippen LogP) is 8.03. The van der Waals surface area contributed by atoms with Crippen LogP contribution < -0.4 is 0 Å². The Hall–Kier alpha value is -3.33. The molecular weight excluding hydrogens is 416 g/mol. The lowest BCUT2D eigenvalue weighted by Crippen LogP contribution is -2.18. The minimum atomic E-state index is -0.362. The molecule has 34 heavy (non-hydrogen) atoms. The molecule has 176 valence electrons. The van der Waals surface area contributed by atoms with E-state index in [2.05, 4.69) is 79.6 Å². The summed E-state index contributed by atoms with van der Waals surface area (Å²) in [4.78, 5) is 13.8. The summed E-state index contributed by atoms with van der Waals surface area (Å²) in [6, 6.07) is 27.2. The fourth-order valence-electron chi connectivity index (χ4n) is 4.33. The Morgan fingerprint density at radius 2 is 1.38 bits per heavy atom. The van der Waals surface area contributed by atoms with Crippen LogP contribution >= 0.6 is 0 Å². The summed E-state index contributed by atoms with van der Waals surface area (Å²) >= 11 is 0. The quantitative estimate of drug-likeness (QED) is 0.219. The largest absolute Gasteiger partial charge is 0.292 e. The van der Waals surface area contributed by atoms with Crippen LogP contribution in [0.4, 0.5) is 0 Å². The number of allylic oxidation sites excluding steroid dienone is 2. The molecule has 0 aliphatic rings. The minimum Gasteiger partial charge on any atom is -0.292 e. The third-order valence-corrected chi connectivity index (χ3v) is 6.49. The Labute approximate surface area is 204 Å². The number of carbonyl (C=O) groups is 1. The van der Waals surface area contributed by atoms with E-state index < -0.39 is 0 Å². The molecule has 0 bridgehead atoms. The molecule has 0 radical (unpaired) electrons. The van der Waals surface area contributed by atoms with Gasteiger partial charge in [-0.2, -0.15) is 5.11 Å². The number of nitrogens with one attached hydrogen (secondary N) is 1. The van der Waals surface area contributed by atoms with Gasteiger partial charge in [-0.15, -0.1) is 0 Å². The van der Waals surface area contributed by atoms with Crippen LogP contribution in [0.5, 0.6) is 0 Å². The van der Waals surface area contributed by atoms with Crippen molar-refractivity contribution in [2.45, 2.75) is 65.2 Å². The first-order valence-electron chi connectivity index (χ1n) is 12.4. The van der Waals surface area contributed by atoms with Crippen LogP contribution in [-0.2, 0) is 30.5 Å². The number of aryl methyl sites for hydroxylation is 3. The zero-order chi connectivity index (χ0) is 24.3. The number of benzene rings is 3. The van der Waals surface area contributed by atoms with E-state index in [4.69, 9.17) is 5.53 Å². The first-order chi connectivity index (χ1) is 16.5. The lowest BCUT2D eigenvalue weighted by atomic mass is 9.85. The summed E-state index contributed by atoms with van der Waals surface area (Å²) in [6.45, 7) is 6.25. The highest BCUT2D eigenvalue weighted by atomic mass is 16.1. The number of hydrogen-bond donors (Lipinski definition) is 1. The summed E-state index contributed by atoms with van der Waals surface area (Å²) in [5.74, 6) is -0.429. The number of carbonyl (C=O) groups excluding carboxylic acids is 1. The average molecular weight is 453 g/mol. The molecule has 0 aliphatic heterocycles. The third kappa shape index (κ3) is 6.84. The van der Waals surface area contributed by atoms with E-state index in [1.807, 2.05) is 25.1 Å². The maximum atomic E-state index is 13.8. The lowest BCUT2D eigenvalue weighted by Gasteiger charge is -2.18. The molecule has 0 heterocycles. The maximum Gasteiger partial charge on any atom is 0.190 e. The van der Waals surface area contributed by atoms with E-state index in [1.54, 1.807) is 0 Å². The van der Waals surface area contributed by atoms with E-state index >= 15 is 0 Å². The van der Waals surface area contributed by atoms with Crippen molar-refractivity contribution in [1.29, 1.82) is 5.53 Å². The molecule has 0 amide bonds. The molecule has 0 saturated carbocycles. The summed E-state index contributed by atoms with van der Waals surface area (Å²) in [6.07, 6.45) is 5.28. The van der Waals surface area contributed by atoms with Crippen molar-refractivity contribution < 1.29 is 4.79 Å². The Morgan fingerprint density at radius 3 is 1.97 bits per heavy atom. The van der Waals surface area contributed by atoms with Gasteiger partial charge in [0, 0.05) is 0 Å². The van der Waals surface area contributed by atoms with Crippen LogP contribution in [0.25, 0.3) is 0 Å². The van der Waals surface area contributed by atoms with Crippen LogP contribution in [0.3, 0.4) is 0 Å². The topological polar surface area (TPSA) is 53.3 Å². The van der Waals surface area contributed by atoms with E-state index in [0.717, 1.165) is 42.4 Å². The fraction of sp³-hybridized carbons (Fsp3) is 0.323. The Bertz CT molecular complexity index is 1100. The number of Topliss-reactive ketones (excluding diaryl/α,β-unsaturated/α-hetero) is 1. The van der Waals surface area contributed by atoms with E-state index in [0.29, 0.717) is 18.5 Å². The molecular formula is C31H36N2O. The van der Waals surface area contributed by atoms with Crippen LogP contribution in [0.1, 0.15) is 67.3 Å². The van der Waals surface area contributed by atoms with Gasteiger partial charge in [-0.1, -0.05) is 99.1 Å². The van der Waals surface area contributed by atoms with Gasteiger partial charge in [0.05, 0.1) is 5.92 Å². The van der Waals surface area contributed by atoms with Crippen LogP contribution in [0.15, 0.2) is 95.2 Å². The van der Waals surface area contributed by atoms with Gasteiger partial charge in [-0.25, -0.2) is 5.53 Å². The zero-order valence-electron chi connectivity index (χ0n) is 20.7. The number of hydrogen-bond acceptors (Lipinski definition) is 3. The highest BCUT2D eigenvalue weighted by Gasteiger charge is 2.26. The van der Waals surface area contributed by atoms with Crippen molar-refractivity contribution in [2.24, 2.45) is 5.11 Å². The molecule has 0 fully saturated rings. The van der Waals surface area contributed by atoms with Gasteiger partial charge in [0.2, 0.25) is 0 Å². The summed E-state index contributed by atoms with van der Waals surface area (Å²) in [7, 11) is 0. The van der Waals surface area contributed by atoms with Crippen LogP contribution in [0.2, 0.25) is 0 Å². The molecule has 3 heteroatoms. The molecule has 0 aromatic heterocycles. The summed E-state index contributed by atoms with van der Waals surface area (Å²) in [5, 5.41) is 3.74. The second-order valence-corrected chi connectivity index (χ2v) is 9.01. The number of rotatable bonds is 12. The van der Waals surface area contributed by atoms with E-state index in [9.17, 15) is 4.79 Å². The number of ketones is 1. The van der Waals surface area contributed by atoms with Gasteiger partial charge in [0.15, 0.2) is 5.78 Å². The van der Waals surface area contributed by atoms with E-state index in [1.165, 1.54) is 16.7 Å². The van der Waals surface area contributed by atoms with Crippen molar-refractivity contribution in [3.8, 4) is 0 Å². The third-order valence-electron chi connectivity index (χ3n) is 6.49.